The number of rotatable bonds is 5. The van der Waals surface area contributed by atoms with E-state index in [9.17, 15) is 9.59 Å². The van der Waals surface area contributed by atoms with E-state index in [1.807, 2.05) is 6.92 Å². The first kappa shape index (κ1) is 15.8. The molecular weight excluding hydrogens is 312 g/mol. The summed E-state index contributed by atoms with van der Waals surface area (Å²) in [6.45, 7) is 2.57. The van der Waals surface area contributed by atoms with Crippen LogP contribution in [-0.2, 0) is 24.9 Å². The summed E-state index contributed by atoms with van der Waals surface area (Å²) in [5.74, 6) is -0.174. The zero-order valence-electron chi connectivity index (χ0n) is 13.3. The first-order valence-corrected chi connectivity index (χ1v) is 7.50. The van der Waals surface area contributed by atoms with Crippen molar-refractivity contribution in [3.05, 3.63) is 46.1 Å². The number of esters is 1. The van der Waals surface area contributed by atoms with Gasteiger partial charge in [0.2, 0.25) is 0 Å². The fourth-order valence-corrected chi connectivity index (χ4v) is 2.36. The lowest BCUT2D eigenvalue weighted by Crippen LogP contribution is -2.24. The van der Waals surface area contributed by atoms with Crippen molar-refractivity contribution < 1.29 is 9.53 Å². The highest BCUT2D eigenvalue weighted by Crippen LogP contribution is 2.14. The molecule has 0 aliphatic heterocycles. The molecule has 9 nitrogen and oxygen atoms in total. The van der Waals surface area contributed by atoms with E-state index in [1.165, 1.54) is 7.05 Å². The number of benzene rings is 1. The minimum Gasteiger partial charge on any atom is -0.453 e. The van der Waals surface area contributed by atoms with Crippen LogP contribution in [0.2, 0.25) is 0 Å². The Kier molecular flexibility index (Phi) is 4.32. The SMILES string of the molecule is CCCn1nnnc1COC(=O)c1nn(C)c(=O)c2ccccc12. The van der Waals surface area contributed by atoms with E-state index in [-0.39, 0.29) is 17.9 Å². The number of ether oxygens (including phenoxy) is 1. The molecule has 0 amide bonds. The highest BCUT2D eigenvalue weighted by Gasteiger charge is 2.18. The van der Waals surface area contributed by atoms with Crippen molar-refractivity contribution in [1.82, 2.24) is 30.0 Å². The molecule has 0 saturated heterocycles. The number of carbonyl (C=O) groups excluding carboxylic acids is 1. The lowest BCUT2D eigenvalue weighted by atomic mass is 10.1. The van der Waals surface area contributed by atoms with Crippen LogP contribution in [0.3, 0.4) is 0 Å². The van der Waals surface area contributed by atoms with Gasteiger partial charge in [0.25, 0.3) is 5.56 Å². The summed E-state index contributed by atoms with van der Waals surface area (Å²) in [4.78, 5) is 24.5. The minimum atomic E-state index is -0.632. The van der Waals surface area contributed by atoms with Crippen LogP contribution in [0.4, 0.5) is 0 Å². The van der Waals surface area contributed by atoms with Crippen LogP contribution in [0.15, 0.2) is 29.1 Å². The smallest absolute Gasteiger partial charge is 0.359 e. The van der Waals surface area contributed by atoms with Gasteiger partial charge in [-0.3, -0.25) is 4.79 Å². The number of hydrogen-bond donors (Lipinski definition) is 0. The van der Waals surface area contributed by atoms with Gasteiger partial charge in [0.1, 0.15) is 0 Å². The average molecular weight is 328 g/mol. The van der Waals surface area contributed by atoms with Crippen molar-refractivity contribution in [3.8, 4) is 0 Å². The molecule has 0 radical (unpaired) electrons. The molecule has 3 rings (SSSR count). The lowest BCUT2D eigenvalue weighted by molar-refractivity contribution is 0.0449. The quantitative estimate of drug-likeness (QED) is 0.634. The molecule has 0 unspecified atom stereocenters. The van der Waals surface area contributed by atoms with Gasteiger partial charge < -0.3 is 4.74 Å². The normalized spacial score (nSPS) is 10.9. The molecule has 0 fully saturated rings. The second-order valence-electron chi connectivity index (χ2n) is 5.22. The van der Waals surface area contributed by atoms with E-state index < -0.39 is 5.97 Å². The van der Waals surface area contributed by atoms with Gasteiger partial charge in [-0.15, -0.1) is 5.10 Å². The topological polar surface area (TPSA) is 105 Å². The van der Waals surface area contributed by atoms with Crippen LogP contribution in [0, 0.1) is 0 Å². The van der Waals surface area contributed by atoms with E-state index in [0.29, 0.717) is 23.1 Å². The Hall–Kier alpha value is -3.10. The number of aryl methyl sites for hydroxylation is 2. The third kappa shape index (κ3) is 2.87. The highest BCUT2D eigenvalue weighted by atomic mass is 16.5. The Morgan fingerprint density at radius 2 is 2.00 bits per heavy atom. The maximum Gasteiger partial charge on any atom is 0.359 e. The number of hydrogen-bond acceptors (Lipinski definition) is 7. The fraction of sp³-hybridized carbons (Fsp3) is 0.333. The van der Waals surface area contributed by atoms with Gasteiger partial charge in [0.05, 0.1) is 5.39 Å². The molecule has 0 N–H and O–H groups in total. The minimum absolute atomic E-state index is 0.0648. The number of fused-ring (bicyclic) bond motifs is 1. The summed E-state index contributed by atoms with van der Waals surface area (Å²) >= 11 is 0. The molecule has 2 aromatic heterocycles. The van der Waals surface area contributed by atoms with Crippen molar-refractivity contribution in [2.45, 2.75) is 26.5 Å². The van der Waals surface area contributed by atoms with Crippen molar-refractivity contribution in [1.29, 1.82) is 0 Å². The van der Waals surface area contributed by atoms with Crippen molar-refractivity contribution in [2.75, 3.05) is 0 Å². The second-order valence-corrected chi connectivity index (χ2v) is 5.22. The Bertz CT molecular complexity index is 946. The van der Waals surface area contributed by atoms with Crippen molar-refractivity contribution in [3.63, 3.8) is 0 Å². The van der Waals surface area contributed by atoms with Gasteiger partial charge in [-0.1, -0.05) is 25.1 Å². The molecule has 0 bridgehead atoms. The zero-order valence-corrected chi connectivity index (χ0v) is 13.3. The summed E-state index contributed by atoms with van der Waals surface area (Å²) in [7, 11) is 1.49. The highest BCUT2D eigenvalue weighted by molar-refractivity contribution is 6.02. The molecular formula is C15H16N6O3. The zero-order chi connectivity index (χ0) is 17.1. The first-order chi connectivity index (χ1) is 11.6. The molecule has 0 spiro atoms. The second kappa shape index (κ2) is 6.57. The molecule has 0 atom stereocenters. The van der Waals surface area contributed by atoms with Gasteiger partial charge in [-0.25, -0.2) is 14.2 Å². The van der Waals surface area contributed by atoms with E-state index in [4.69, 9.17) is 4.74 Å². The Balaban J connectivity index is 1.88. The number of nitrogens with zero attached hydrogens (tertiary/aromatic N) is 6. The largest absolute Gasteiger partial charge is 0.453 e. The van der Waals surface area contributed by atoms with Crippen LogP contribution in [0.5, 0.6) is 0 Å². The molecule has 124 valence electrons. The summed E-state index contributed by atoms with van der Waals surface area (Å²) in [5.41, 5.74) is -0.184. The predicted molar refractivity (Wildman–Crippen MR) is 84.2 cm³/mol. The van der Waals surface area contributed by atoms with Crippen molar-refractivity contribution >= 4 is 16.7 Å². The van der Waals surface area contributed by atoms with Crippen LogP contribution in [0.25, 0.3) is 10.8 Å². The monoisotopic (exact) mass is 328 g/mol. The maximum atomic E-state index is 12.4. The van der Waals surface area contributed by atoms with Crippen LogP contribution in [0.1, 0.15) is 29.7 Å². The molecule has 9 heteroatoms. The van der Waals surface area contributed by atoms with Gasteiger partial charge in [-0.05, 0) is 22.9 Å². The molecule has 24 heavy (non-hydrogen) atoms. The summed E-state index contributed by atoms with van der Waals surface area (Å²) < 4.78 is 7.99. The van der Waals surface area contributed by atoms with Gasteiger partial charge in [-0.2, -0.15) is 5.10 Å². The summed E-state index contributed by atoms with van der Waals surface area (Å²) in [5, 5.41) is 16.2. The molecule has 1 aromatic carbocycles. The standard InChI is InChI=1S/C15H16N6O3/c1-3-8-21-12(16-18-19-21)9-24-15(23)13-10-6-4-5-7-11(10)14(22)20(2)17-13/h4-7H,3,8-9H2,1-2H3. The third-order valence-corrected chi connectivity index (χ3v) is 3.52. The van der Waals surface area contributed by atoms with Crippen LogP contribution >= 0.6 is 0 Å². The average Bonchev–Trinajstić information content (AvgIpc) is 3.03. The molecule has 0 aliphatic carbocycles. The van der Waals surface area contributed by atoms with Gasteiger partial charge >= 0.3 is 5.97 Å². The first-order valence-electron chi connectivity index (χ1n) is 7.50. The van der Waals surface area contributed by atoms with E-state index in [0.717, 1.165) is 11.1 Å². The number of tetrazole rings is 1. The van der Waals surface area contributed by atoms with Crippen molar-refractivity contribution in [2.24, 2.45) is 7.05 Å². The fourth-order valence-electron chi connectivity index (χ4n) is 2.36. The molecule has 0 saturated carbocycles. The molecule has 3 aromatic rings. The Labute approximate surface area is 136 Å². The Morgan fingerprint density at radius 1 is 1.25 bits per heavy atom. The van der Waals surface area contributed by atoms with Gasteiger partial charge in [0.15, 0.2) is 18.1 Å². The summed E-state index contributed by atoms with van der Waals surface area (Å²) in [6.07, 6.45) is 0.860. The summed E-state index contributed by atoms with van der Waals surface area (Å²) in [6, 6.07) is 6.79. The number of carbonyl (C=O) groups is 1. The Morgan fingerprint density at radius 3 is 2.75 bits per heavy atom. The van der Waals surface area contributed by atoms with Crippen LogP contribution < -0.4 is 5.56 Å². The number of aromatic nitrogens is 6. The van der Waals surface area contributed by atoms with Gasteiger partial charge in [0, 0.05) is 19.0 Å². The third-order valence-electron chi connectivity index (χ3n) is 3.52. The van der Waals surface area contributed by atoms with Crippen LogP contribution in [-0.4, -0.2) is 36.0 Å². The van der Waals surface area contributed by atoms with E-state index in [1.54, 1.807) is 28.9 Å². The molecule has 0 aliphatic rings. The lowest BCUT2D eigenvalue weighted by Gasteiger charge is -2.08. The predicted octanol–water partition coefficient (Wildman–Crippen LogP) is 0.687. The molecule has 2 heterocycles. The van der Waals surface area contributed by atoms with E-state index >= 15 is 0 Å². The maximum absolute atomic E-state index is 12.4. The van der Waals surface area contributed by atoms with E-state index in [2.05, 4.69) is 20.6 Å².